The molecule has 1 amide bonds. The third kappa shape index (κ3) is 3.50. The van der Waals surface area contributed by atoms with E-state index in [0.29, 0.717) is 48.7 Å². The maximum Gasteiger partial charge on any atom is 0.272 e. The van der Waals surface area contributed by atoms with E-state index in [1.807, 2.05) is 18.2 Å². The SMILES string of the molecule is O=C(c1cc(Cc2n[nH]c(=O)c3ccccc23)ccc1F)N1CC(N(C2CC2)C2CC2)C1. The smallest absolute Gasteiger partial charge is 0.272 e. The minimum absolute atomic E-state index is 0.110. The van der Waals surface area contributed by atoms with Gasteiger partial charge in [-0.1, -0.05) is 24.3 Å². The first-order valence-electron chi connectivity index (χ1n) is 11.4. The summed E-state index contributed by atoms with van der Waals surface area (Å²) < 4.78 is 14.6. The third-order valence-electron chi connectivity index (χ3n) is 6.92. The zero-order valence-corrected chi connectivity index (χ0v) is 17.8. The van der Waals surface area contributed by atoms with Crippen LogP contribution in [0.4, 0.5) is 4.39 Å². The van der Waals surface area contributed by atoms with Crippen LogP contribution >= 0.6 is 0 Å². The first kappa shape index (κ1) is 19.6. The van der Waals surface area contributed by atoms with Crippen molar-refractivity contribution in [1.29, 1.82) is 0 Å². The number of H-pyrrole nitrogens is 1. The molecule has 2 heterocycles. The largest absolute Gasteiger partial charge is 0.335 e. The fraction of sp³-hybridized carbons (Fsp3) is 0.400. The zero-order chi connectivity index (χ0) is 21.8. The first-order chi connectivity index (χ1) is 15.6. The average Bonchev–Trinajstić information content (AvgIpc) is 3.68. The number of carbonyl (C=O) groups excluding carboxylic acids is 1. The van der Waals surface area contributed by atoms with Crippen LogP contribution in [0.1, 0.15) is 47.3 Å². The predicted molar refractivity (Wildman–Crippen MR) is 119 cm³/mol. The molecule has 164 valence electrons. The van der Waals surface area contributed by atoms with Gasteiger partial charge in [-0.05, 0) is 49.4 Å². The Hall–Kier alpha value is -3.06. The van der Waals surface area contributed by atoms with Crippen LogP contribution in [0, 0.1) is 5.82 Å². The van der Waals surface area contributed by atoms with Gasteiger partial charge in [-0.25, -0.2) is 9.49 Å². The van der Waals surface area contributed by atoms with Crippen molar-refractivity contribution in [2.75, 3.05) is 13.1 Å². The highest BCUT2D eigenvalue weighted by molar-refractivity contribution is 5.95. The lowest BCUT2D eigenvalue weighted by Crippen LogP contribution is -2.62. The molecule has 3 fully saturated rings. The second kappa shape index (κ2) is 7.52. The van der Waals surface area contributed by atoms with Crippen molar-refractivity contribution >= 4 is 16.7 Å². The number of benzene rings is 2. The Labute approximate surface area is 185 Å². The van der Waals surface area contributed by atoms with Gasteiger partial charge >= 0.3 is 0 Å². The number of rotatable bonds is 6. The van der Waals surface area contributed by atoms with Crippen LogP contribution in [0.25, 0.3) is 10.8 Å². The Morgan fingerprint density at radius 1 is 1.03 bits per heavy atom. The van der Waals surface area contributed by atoms with E-state index in [9.17, 15) is 14.0 Å². The second-order valence-corrected chi connectivity index (χ2v) is 9.31. The summed E-state index contributed by atoms with van der Waals surface area (Å²) in [6.45, 7) is 1.36. The number of fused-ring (bicyclic) bond motifs is 1. The van der Waals surface area contributed by atoms with E-state index < -0.39 is 5.82 Å². The number of aromatic amines is 1. The van der Waals surface area contributed by atoms with Crippen molar-refractivity contribution in [2.24, 2.45) is 0 Å². The van der Waals surface area contributed by atoms with Gasteiger partial charge in [0.05, 0.1) is 16.6 Å². The van der Waals surface area contributed by atoms with Gasteiger partial charge < -0.3 is 4.90 Å². The van der Waals surface area contributed by atoms with Gasteiger partial charge in [0, 0.05) is 43.0 Å². The Morgan fingerprint density at radius 3 is 2.41 bits per heavy atom. The Kier molecular flexibility index (Phi) is 4.61. The highest BCUT2D eigenvalue weighted by atomic mass is 19.1. The predicted octanol–water partition coefficient (Wildman–Crippen LogP) is 3.10. The lowest BCUT2D eigenvalue weighted by atomic mass is 10.00. The Balaban J connectivity index is 1.21. The van der Waals surface area contributed by atoms with Gasteiger partial charge in [0.1, 0.15) is 5.82 Å². The monoisotopic (exact) mass is 432 g/mol. The zero-order valence-electron chi connectivity index (χ0n) is 17.8. The first-order valence-corrected chi connectivity index (χ1v) is 11.4. The van der Waals surface area contributed by atoms with Crippen molar-refractivity contribution in [3.63, 3.8) is 0 Å². The summed E-state index contributed by atoms with van der Waals surface area (Å²) in [6.07, 6.45) is 5.48. The number of amides is 1. The molecule has 0 spiro atoms. The van der Waals surface area contributed by atoms with Crippen LogP contribution in [0.5, 0.6) is 0 Å². The normalized spacial score (nSPS) is 18.9. The van der Waals surface area contributed by atoms with Gasteiger partial charge in [-0.2, -0.15) is 5.10 Å². The Bertz CT molecular complexity index is 1250. The maximum absolute atomic E-state index is 14.6. The molecule has 1 aliphatic heterocycles. The maximum atomic E-state index is 14.6. The van der Waals surface area contributed by atoms with Crippen molar-refractivity contribution < 1.29 is 9.18 Å². The van der Waals surface area contributed by atoms with E-state index in [4.69, 9.17) is 0 Å². The molecular weight excluding hydrogens is 407 g/mol. The molecule has 0 radical (unpaired) electrons. The lowest BCUT2D eigenvalue weighted by molar-refractivity contribution is 0.0199. The topological polar surface area (TPSA) is 69.3 Å². The highest BCUT2D eigenvalue weighted by Gasteiger charge is 2.47. The standard InChI is InChI=1S/C25H25FN4O2/c26-22-10-5-15(12-23-19-3-1-2-4-20(19)24(31)28-27-23)11-21(22)25(32)29-13-18(14-29)30(16-6-7-16)17-8-9-17/h1-5,10-11,16-18H,6-9,12-14H2,(H,28,31). The van der Waals surface area contributed by atoms with E-state index in [0.717, 1.165) is 10.9 Å². The molecule has 0 atom stereocenters. The molecule has 6 rings (SSSR count). The number of hydrogen-bond donors (Lipinski definition) is 1. The van der Waals surface area contributed by atoms with E-state index in [-0.39, 0.29) is 17.0 Å². The number of nitrogens with one attached hydrogen (secondary N) is 1. The minimum Gasteiger partial charge on any atom is -0.335 e. The van der Waals surface area contributed by atoms with Gasteiger partial charge in [0.2, 0.25) is 0 Å². The molecule has 1 aromatic heterocycles. The van der Waals surface area contributed by atoms with Crippen LogP contribution in [0.2, 0.25) is 0 Å². The van der Waals surface area contributed by atoms with Gasteiger partial charge in [-0.15, -0.1) is 0 Å². The molecule has 32 heavy (non-hydrogen) atoms. The van der Waals surface area contributed by atoms with Crippen LogP contribution in [0.3, 0.4) is 0 Å². The van der Waals surface area contributed by atoms with E-state index >= 15 is 0 Å². The molecule has 7 heteroatoms. The van der Waals surface area contributed by atoms with Crippen LogP contribution < -0.4 is 5.56 Å². The van der Waals surface area contributed by atoms with Crippen LogP contribution in [-0.4, -0.2) is 57.1 Å². The fourth-order valence-corrected chi connectivity index (χ4v) is 4.97. The van der Waals surface area contributed by atoms with Crippen molar-refractivity contribution in [2.45, 2.75) is 50.2 Å². The van der Waals surface area contributed by atoms with Crippen LogP contribution in [-0.2, 0) is 6.42 Å². The number of likely N-dealkylation sites (tertiary alicyclic amines) is 1. The van der Waals surface area contributed by atoms with Gasteiger partial charge in [-0.3, -0.25) is 14.5 Å². The van der Waals surface area contributed by atoms with E-state index in [2.05, 4.69) is 15.1 Å². The molecule has 0 unspecified atom stereocenters. The summed E-state index contributed by atoms with van der Waals surface area (Å²) in [5, 5.41) is 8.07. The molecule has 2 saturated carbocycles. The fourth-order valence-electron chi connectivity index (χ4n) is 4.97. The molecule has 3 aromatic rings. The molecule has 0 bridgehead atoms. The lowest BCUT2D eigenvalue weighted by Gasteiger charge is -2.46. The highest BCUT2D eigenvalue weighted by Crippen LogP contribution is 2.40. The number of halogens is 1. The molecule has 1 saturated heterocycles. The number of carbonyl (C=O) groups is 1. The number of aromatic nitrogens is 2. The Morgan fingerprint density at radius 2 is 1.72 bits per heavy atom. The van der Waals surface area contributed by atoms with E-state index in [1.165, 1.54) is 31.7 Å². The summed E-state index contributed by atoms with van der Waals surface area (Å²) in [4.78, 5) is 29.5. The number of hydrogen-bond acceptors (Lipinski definition) is 4. The van der Waals surface area contributed by atoms with Gasteiger partial charge in [0.15, 0.2) is 0 Å². The summed E-state index contributed by atoms with van der Waals surface area (Å²) >= 11 is 0. The van der Waals surface area contributed by atoms with Crippen molar-refractivity contribution in [3.05, 3.63) is 75.5 Å². The number of nitrogens with zero attached hydrogens (tertiary/aromatic N) is 3. The molecular formula is C25H25FN4O2. The van der Waals surface area contributed by atoms with Crippen LogP contribution in [0.15, 0.2) is 47.3 Å². The molecule has 2 aliphatic carbocycles. The quantitative estimate of drug-likeness (QED) is 0.650. The van der Waals surface area contributed by atoms with E-state index in [1.54, 1.807) is 23.1 Å². The third-order valence-corrected chi connectivity index (χ3v) is 6.92. The minimum atomic E-state index is -0.497. The van der Waals surface area contributed by atoms with Crippen molar-refractivity contribution in [1.82, 2.24) is 20.0 Å². The second-order valence-electron chi connectivity index (χ2n) is 9.31. The summed E-state index contributed by atoms with van der Waals surface area (Å²) in [7, 11) is 0. The van der Waals surface area contributed by atoms with Crippen molar-refractivity contribution in [3.8, 4) is 0 Å². The molecule has 6 nitrogen and oxygen atoms in total. The average molecular weight is 432 g/mol. The molecule has 3 aliphatic rings. The summed E-state index contributed by atoms with van der Waals surface area (Å²) in [5.74, 6) is -0.742. The molecule has 1 N–H and O–H groups in total. The summed E-state index contributed by atoms with van der Waals surface area (Å²) in [5.41, 5.74) is 1.35. The summed E-state index contributed by atoms with van der Waals surface area (Å²) in [6, 6.07) is 13.8. The molecule has 2 aromatic carbocycles. The van der Waals surface area contributed by atoms with Gasteiger partial charge in [0.25, 0.3) is 11.5 Å².